The summed E-state index contributed by atoms with van der Waals surface area (Å²) >= 11 is 0. The van der Waals surface area contributed by atoms with Crippen molar-refractivity contribution in [1.82, 2.24) is 0 Å². The molecule has 0 bridgehead atoms. The van der Waals surface area contributed by atoms with E-state index in [9.17, 15) is 0 Å². The van der Waals surface area contributed by atoms with Gasteiger partial charge < -0.3 is 5.48 Å². The van der Waals surface area contributed by atoms with Gasteiger partial charge in [0.1, 0.15) is 0 Å². The van der Waals surface area contributed by atoms with Crippen LogP contribution in [0.1, 0.15) is 0 Å². The second-order valence-electron chi connectivity index (χ2n) is 0. The molecule has 0 aromatic rings. The first-order chi connectivity index (χ1) is 0. The van der Waals surface area contributed by atoms with Crippen molar-refractivity contribution >= 4 is 55.1 Å². The maximum Gasteiger partial charge on any atom is 0 e. The Morgan fingerprint density at radius 3 is 1.00 bits per heavy atom. The topological polar surface area (TPSA) is 31.5 Å². The van der Waals surface area contributed by atoms with Crippen LogP contribution in [0.15, 0.2) is 0 Å². The summed E-state index contributed by atoms with van der Waals surface area (Å²) in [5.74, 6) is 0. The van der Waals surface area contributed by atoms with E-state index in [1.54, 1.807) is 0 Å². The number of hydrogen-bond acceptors (Lipinski definition) is 0. The van der Waals surface area contributed by atoms with E-state index in [-0.39, 0.29) is 101 Å². The second-order valence-corrected chi connectivity index (χ2v) is 0. The van der Waals surface area contributed by atoms with Crippen molar-refractivity contribution in [1.29, 1.82) is 0 Å². The SMILES string of the molecule is O.[AlH3].[CaH2].[Gd]. The molecule has 0 aromatic heterocycles. The third-order valence-electron chi connectivity index (χ3n) is 0. The molecule has 4 heavy (non-hydrogen) atoms. The largest absolute Gasteiger partial charge is 0 e. The van der Waals surface area contributed by atoms with Gasteiger partial charge in [0, 0.05) is 39.9 Å². The summed E-state index contributed by atoms with van der Waals surface area (Å²) in [6, 6.07) is 0. The van der Waals surface area contributed by atoms with Crippen LogP contribution >= 0.6 is 0 Å². The molecule has 0 aliphatic carbocycles. The Bertz CT molecular complexity index is 8.00. The summed E-state index contributed by atoms with van der Waals surface area (Å²) in [7, 11) is 0. The van der Waals surface area contributed by atoms with E-state index in [0.29, 0.717) is 0 Å². The Kier molecular flexibility index (Phi) is 114. The molecule has 0 aliphatic rings. The van der Waals surface area contributed by atoms with Crippen LogP contribution < -0.4 is 0 Å². The Morgan fingerprint density at radius 1 is 1.00 bits per heavy atom. The molecular formula is H7AlCaGdO. The van der Waals surface area contributed by atoms with Crippen molar-refractivity contribution in [2.24, 2.45) is 0 Å². The fraction of sp³-hybridized carbons (Fsp3) is 0. The van der Waals surface area contributed by atoms with E-state index >= 15 is 0 Å². The molecule has 0 saturated heterocycles. The van der Waals surface area contributed by atoms with Gasteiger partial charge in [-0.3, -0.25) is 0 Å². The predicted octanol–water partition coefficient (Wildman–Crippen LogP) is -2.92. The first-order valence-corrected chi connectivity index (χ1v) is 0. The maximum atomic E-state index is 0. The fourth-order valence-corrected chi connectivity index (χ4v) is 0. The summed E-state index contributed by atoms with van der Waals surface area (Å²) < 4.78 is 0. The average molecular weight is 247 g/mol. The molecule has 0 spiro atoms. The van der Waals surface area contributed by atoms with E-state index < -0.39 is 0 Å². The Hall–Kier alpha value is 3.08. The summed E-state index contributed by atoms with van der Waals surface area (Å²) in [6.07, 6.45) is 0. The van der Waals surface area contributed by atoms with Crippen LogP contribution in [-0.4, -0.2) is 60.6 Å². The van der Waals surface area contributed by atoms with Crippen molar-refractivity contribution in [3.8, 4) is 0 Å². The molecular weight excluding hydrogens is 240 g/mol. The molecule has 0 aromatic carbocycles. The van der Waals surface area contributed by atoms with Gasteiger partial charge in [0.15, 0.2) is 17.4 Å². The van der Waals surface area contributed by atoms with Crippen LogP contribution in [0.3, 0.4) is 0 Å². The molecule has 4 heteroatoms. The van der Waals surface area contributed by atoms with Crippen molar-refractivity contribution in [2.45, 2.75) is 0 Å². The van der Waals surface area contributed by atoms with Gasteiger partial charge >= 0.3 is 37.7 Å². The Morgan fingerprint density at radius 2 is 1.00 bits per heavy atom. The summed E-state index contributed by atoms with van der Waals surface area (Å²) in [5.41, 5.74) is 0. The average Bonchev–Trinajstić information content (AvgIpc) is 0. The minimum atomic E-state index is 0. The smallest absolute Gasteiger partial charge is 0 e. The molecule has 0 amide bonds. The van der Waals surface area contributed by atoms with Crippen molar-refractivity contribution in [2.75, 3.05) is 0 Å². The monoisotopic (exact) mass is 248 g/mol. The number of hydrogen-bond donors (Lipinski definition) is 0. The zero-order valence-electron chi connectivity index (χ0n) is 0.854. The minimum absolute atomic E-state index is 0. The summed E-state index contributed by atoms with van der Waals surface area (Å²) in [5, 5.41) is 0. The van der Waals surface area contributed by atoms with Crippen LogP contribution in [0.25, 0.3) is 0 Å². The minimum Gasteiger partial charge on any atom is 0 e. The number of rotatable bonds is 0. The van der Waals surface area contributed by atoms with Crippen LogP contribution in [0.2, 0.25) is 0 Å². The van der Waals surface area contributed by atoms with Crippen LogP contribution in [0.4, 0.5) is 0 Å². The quantitative estimate of drug-likeness (QED) is 0.411. The van der Waals surface area contributed by atoms with Crippen LogP contribution in [-0.2, 0) is 0 Å². The van der Waals surface area contributed by atoms with E-state index in [1.807, 2.05) is 0 Å². The van der Waals surface area contributed by atoms with Crippen LogP contribution in [0.5, 0.6) is 0 Å². The standard InChI is InChI=1S/Al.Ca.Gd.H2O.5H/h;;;1H2;;;;;. The zero-order chi connectivity index (χ0) is 0. The molecule has 0 fully saturated rings. The van der Waals surface area contributed by atoms with Gasteiger partial charge in [-0.2, -0.15) is 0 Å². The van der Waals surface area contributed by atoms with Gasteiger partial charge in [-0.15, -0.1) is 0 Å². The molecule has 0 rings (SSSR count). The van der Waals surface area contributed by atoms with Gasteiger partial charge in [0.25, 0.3) is 0 Å². The third kappa shape index (κ3) is 8.91. The Balaban J connectivity index is 0. The molecule has 0 atom stereocenters. The van der Waals surface area contributed by atoms with E-state index in [2.05, 4.69) is 0 Å². The predicted molar refractivity (Wildman–Crippen MR) is 22.1 cm³/mol. The molecule has 0 aliphatic heterocycles. The molecule has 2 N–H and O–H groups in total. The second kappa shape index (κ2) is 16.5. The molecule has 1 nitrogen and oxygen atoms in total. The van der Waals surface area contributed by atoms with Crippen molar-refractivity contribution < 1.29 is 45.4 Å². The summed E-state index contributed by atoms with van der Waals surface area (Å²) in [6.45, 7) is 0. The molecule has 0 saturated carbocycles. The first-order valence-electron chi connectivity index (χ1n) is 0. The molecule has 0 heterocycles. The fourth-order valence-electron chi connectivity index (χ4n) is 0. The van der Waals surface area contributed by atoms with Gasteiger partial charge in [0.05, 0.1) is 0 Å². The zero-order valence-corrected chi connectivity index (χ0v) is 3.12. The van der Waals surface area contributed by atoms with E-state index in [0.717, 1.165) is 0 Å². The van der Waals surface area contributed by atoms with Crippen LogP contribution in [0, 0.1) is 39.9 Å². The van der Waals surface area contributed by atoms with E-state index in [1.165, 1.54) is 0 Å². The third-order valence-corrected chi connectivity index (χ3v) is 0. The van der Waals surface area contributed by atoms with Gasteiger partial charge in [0.2, 0.25) is 0 Å². The molecule has 0 unspecified atom stereocenters. The normalized spacial score (nSPS) is 0. The van der Waals surface area contributed by atoms with E-state index in [4.69, 9.17) is 0 Å². The maximum absolute atomic E-state index is 0. The van der Waals surface area contributed by atoms with Crippen molar-refractivity contribution in [3.63, 3.8) is 0 Å². The Labute approximate surface area is 98.0 Å². The molecule has 26 valence electrons. The van der Waals surface area contributed by atoms with Gasteiger partial charge in [-0.05, 0) is 0 Å². The van der Waals surface area contributed by atoms with Crippen molar-refractivity contribution in [3.05, 3.63) is 0 Å². The first kappa shape index (κ1) is 27.6. The van der Waals surface area contributed by atoms with Gasteiger partial charge in [-0.1, -0.05) is 0 Å². The molecule has 0 radical (unpaired) electrons. The summed E-state index contributed by atoms with van der Waals surface area (Å²) in [4.78, 5) is 0. The van der Waals surface area contributed by atoms with Gasteiger partial charge in [-0.25, -0.2) is 0 Å².